The molecule has 0 saturated carbocycles. The number of nitrogens with zero attached hydrogens (tertiary/aromatic N) is 3. The van der Waals surface area contributed by atoms with Gasteiger partial charge in [-0.25, -0.2) is 28.9 Å². The van der Waals surface area contributed by atoms with Gasteiger partial charge in [0, 0.05) is 5.69 Å². The number of aryl methyl sites for hydroxylation is 1. The number of rotatable bonds is 10. The van der Waals surface area contributed by atoms with Crippen molar-refractivity contribution in [3.8, 4) is 0 Å². The first-order chi connectivity index (χ1) is 16.6. The van der Waals surface area contributed by atoms with Crippen LogP contribution < -0.4 is 10.6 Å². The third-order valence-corrected chi connectivity index (χ3v) is 4.63. The van der Waals surface area contributed by atoms with Gasteiger partial charge in [0.1, 0.15) is 17.7 Å². The zero-order valence-electron chi connectivity index (χ0n) is 20.9. The molecule has 0 aromatic carbocycles. The second-order valence-electron chi connectivity index (χ2n) is 8.87. The lowest BCUT2D eigenvalue weighted by Crippen LogP contribution is -2.41. The molecule has 0 aliphatic heterocycles. The summed E-state index contributed by atoms with van der Waals surface area (Å²) in [5.74, 6) is 0.185. The number of amides is 2. The van der Waals surface area contributed by atoms with E-state index in [1.807, 2.05) is 13.8 Å². The number of alkyl carbamates (subject to hydrolysis) is 1. The Bertz CT molecular complexity index is 1020. The van der Waals surface area contributed by atoms with Gasteiger partial charge in [-0.1, -0.05) is 13.8 Å². The third kappa shape index (κ3) is 8.39. The predicted molar refractivity (Wildman–Crippen MR) is 128 cm³/mol. The van der Waals surface area contributed by atoms with E-state index in [1.54, 1.807) is 26.8 Å². The molecular formula is C23H35N5O7. The maximum atomic E-state index is 12.9. The quantitative estimate of drug-likeness (QED) is 0.421. The number of carbonyl (C=O) groups is 3. The second-order valence-corrected chi connectivity index (χ2v) is 8.87. The van der Waals surface area contributed by atoms with E-state index in [0.29, 0.717) is 30.3 Å². The van der Waals surface area contributed by atoms with E-state index >= 15 is 0 Å². The van der Waals surface area contributed by atoms with E-state index in [4.69, 9.17) is 14.2 Å². The molecule has 3 N–H and O–H groups in total. The fourth-order valence-corrected chi connectivity index (χ4v) is 3.14. The number of hydrogen-bond donors (Lipinski definition) is 3. The van der Waals surface area contributed by atoms with E-state index < -0.39 is 29.9 Å². The minimum atomic E-state index is -0.681. The number of aromatic nitrogens is 3. The Labute approximate surface area is 204 Å². The monoisotopic (exact) mass is 493 g/mol. The molecule has 2 aromatic heterocycles. The highest BCUT2D eigenvalue weighted by atomic mass is 16.6. The van der Waals surface area contributed by atoms with Crippen molar-refractivity contribution in [2.45, 2.75) is 71.9 Å². The maximum Gasteiger partial charge on any atom is 0.419 e. The summed E-state index contributed by atoms with van der Waals surface area (Å²) in [6.45, 7) is 9.13. The van der Waals surface area contributed by atoms with E-state index in [2.05, 4.69) is 20.6 Å². The lowest BCUT2D eigenvalue weighted by molar-refractivity contribution is 0.0479. The molecule has 0 spiro atoms. The van der Waals surface area contributed by atoms with Crippen LogP contribution in [0.5, 0.6) is 0 Å². The molecular weight excluding hydrogens is 458 g/mol. The molecule has 0 aliphatic rings. The Morgan fingerprint density at radius 3 is 2.40 bits per heavy atom. The molecule has 1 atom stereocenters. The zero-order chi connectivity index (χ0) is 26.0. The van der Waals surface area contributed by atoms with Gasteiger partial charge in [0.05, 0.1) is 31.2 Å². The number of anilines is 1. The SMILES string of the molecule is CCCOC(=O)Nc1ncnc2c1cc(CC[C@@H](CO)NC(=O)OC(C)(C)C)n2C(=O)OCCC. The van der Waals surface area contributed by atoms with Crippen molar-refractivity contribution >= 4 is 35.1 Å². The van der Waals surface area contributed by atoms with Crippen molar-refractivity contribution in [3.63, 3.8) is 0 Å². The van der Waals surface area contributed by atoms with Crippen molar-refractivity contribution < 1.29 is 33.7 Å². The average molecular weight is 494 g/mol. The van der Waals surface area contributed by atoms with Crippen LogP contribution in [0.4, 0.5) is 20.2 Å². The van der Waals surface area contributed by atoms with Gasteiger partial charge in [0.2, 0.25) is 0 Å². The van der Waals surface area contributed by atoms with Gasteiger partial charge in [-0.05, 0) is 52.5 Å². The summed E-state index contributed by atoms with van der Waals surface area (Å²) < 4.78 is 16.9. The molecule has 35 heavy (non-hydrogen) atoms. The van der Waals surface area contributed by atoms with Gasteiger partial charge >= 0.3 is 18.3 Å². The van der Waals surface area contributed by atoms with E-state index in [-0.39, 0.29) is 37.7 Å². The number of aliphatic hydroxyl groups is 1. The molecule has 0 unspecified atom stereocenters. The Morgan fingerprint density at radius 1 is 1.09 bits per heavy atom. The zero-order valence-corrected chi connectivity index (χ0v) is 20.9. The van der Waals surface area contributed by atoms with Crippen LogP contribution in [-0.2, 0) is 20.6 Å². The van der Waals surface area contributed by atoms with Gasteiger partial charge in [-0.3, -0.25) is 5.32 Å². The summed E-state index contributed by atoms with van der Waals surface area (Å²) >= 11 is 0. The van der Waals surface area contributed by atoms with Crippen LogP contribution in [-0.4, -0.2) is 69.4 Å². The minimum absolute atomic E-state index is 0.185. The van der Waals surface area contributed by atoms with Crippen molar-refractivity contribution in [3.05, 3.63) is 18.1 Å². The summed E-state index contributed by atoms with van der Waals surface area (Å²) in [5.41, 5.74) is 0.0819. The van der Waals surface area contributed by atoms with Crippen LogP contribution in [0.15, 0.2) is 12.4 Å². The molecule has 0 aliphatic carbocycles. The molecule has 0 saturated heterocycles. The Hall–Kier alpha value is -3.41. The number of aliphatic hydroxyl groups excluding tert-OH is 1. The highest BCUT2D eigenvalue weighted by Gasteiger charge is 2.23. The van der Waals surface area contributed by atoms with Gasteiger partial charge in [0.25, 0.3) is 0 Å². The van der Waals surface area contributed by atoms with Crippen LogP contribution in [0.3, 0.4) is 0 Å². The summed E-state index contributed by atoms with van der Waals surface area (Å²) in [6, 6.07) is 1.05. The Morgan fingerprint density at radius 2 is 1.77 bits per heavy atom. The van der Waals surface area contributed by atoms with Gasteiger partial charge < -0.3 is 24.6 Å². The van der Waals surface area contributed by atoms with Crippen molar-refractivity contribution in [1.82, 2.24) is 19.9 Å². The van der Waals surface area contributed by atoms with Gasteiger partial charge in [0.15, 0.2) is 5.65 Å². The van der Waals surface area contributed by atoms with Crippen LogP contribution in [0.2, 0.25) is 0 Å². The number of carbonyl (C=O) groups excluding carboxylic acids is 3. The lowest BCUT2D eigenvalue weighted by atomic mass is 10.1. The molecule has 0 radical (unpaired) electrons. The molecule has 2 heterocycles. The minimum Gasteiger partial charge on any atom is -0.449 e. The fourth-order valence-electron chi connectivity index (χ4n) is 3.14. The Balaban J connectivity index is 2.31. The van der Waals surface area contributed by atoms with Crippen LogP contribution >= 0.6 is 0 Å². The van der Waals surface area contributed by atoms with Crippen LogP contribution in [0, 0.1) is 0 Å². The summed E-state index contributed by atoms with van der Waals surface area (Å²) in [7, 11) is 0. The number of nitrogens with one attached hydrogen (secondary N) is 2. The molecule has 2 rings (SSSR count). The third-order valence-electron chi connectivity index (χ3n) is 4.63. The van der Waals surface area contributed by atoms with Gasteiger partial charge in [-0.15, -0.1) is 0 Å². The van der Waals surface area contributed by atoms with Crippen molar-refractivity contribution in [2.24, 2.45) is 0 Å². The largest absolute Gasteiger partial charge is 0.449 e. The number of fused-ring (bicyclic) bond motifs is 1. The Kier molecular flexibility index (Phi) is 10.2. The number of ether oxygens (including phenoxy) is 3. The second kappa shape index (κ2) is 12.9. The molecule has 0 fully saturated rings. The van der Waals surface area contributed by atoms with E-state index in [0.717, 1.165) is 0 Å². The smallest absolute Gasteiger partial charge is 0.419 e. The number of hydrogen-bond acceptors (Lipinski definition) is 9. The highest BCUT2D eigenvalue weighted by Crippen LogP contribution is 2.25. The predicted octanol–water partition coefficient (Wildman–Crippen LogP) is 3.60. The highest BCUT2D eigenvalue weighted by molar-refractivity contribution is 5.99. The average Bonchev–Trinajstić information content (AvgIpc) is 3.17. The standard InChI is InChI=1S/C23H35N5O7/c1-6-10-33-20(30)27-18-17-12-16(9-8-15(13-29)26-21(31)35-23(3,4)5)28(19(17)25-14-24-18)22(32)34-11-7-2/h12,14-15,29H,6-11,13H2,1-5H3,(H,26,31)(H,24,25,27,30)/t15-/m0/s1. The summed E-state index contributed by atoms with van der Waals surface area (Å²) in [4.78, 5) is 45.4. The topological polar surface area (TPSA) is 154 Å². The van der Waals surface area contributed by atoms with E-state index in [9.17, 15) is 19.5 Å². The van der Waals surface area contributed by atoms with Gasteiger partial charge in [-0.2, -0.15) is 0 Å². The fraction of sp³-hybridized carbons (Fsp3) is 0.609. The molecule has 2 aromatic rings. The van der Waals surface area contributed by atoms with Crippen molar-refractivity contribution in [2.75, 3.05) is 25.1 Å². The summed E-state index contributed by atoms with van der Waals surface area (Å²) in [6.07, 6.45) is 1.15. The van der Waals surface area contributed by atoms with Crippen LogP contribution in [0.1, 0.15) is 59.6 Å². The first-order valence-electron chi connectivity index (χ1n) is 11.7. The van der Waals surface area contributed by atoms with Crippen molar-refractivity contribution in [1.29, 1.82) is 0 Å². The molecule has 0 bridgehead atoms. The lowest BCUT2D eigenvalue weighted by Gasteiger charge is -2.22. The molecule has 2 amide bonds. The first kappa shape index (κ1) is 27.8. The summed E-state index contributed by atoms with van der Waals surface area (Å²) in [5, 5.41) is 15.4. The first-order valence-corrected chi connectivity index (χ1v) is 11.7. The molecule has 12 nitrogen and oxygen atoms in total. The van der Waals surface area contributed by atoms with Crippen LogP contribution in [0.25, 0.3) is 11.0 Å². The molecule has 194 valence electrons. The normalized spacial score (nSPS) is 12.2. The molecule has 12 heteroatoms. The van der Waals surface area contributed by atoms with E-state index in [1.165, 1.54) is 10.9 Å². The maximum absolute atomic E-state index is 12.9.